The number of aryl methyl sites for hydroxylation is 1. The van der Waals surface area contributed by atoms with Gasteiger partial charge in [0.25, 0.3) is 5.56 Å². The molecule has 0 saturated heterocycles. The first-order valence-electron chi connectivity index (χ1n) is 14.3. The first kappa shape index (κ1) is 30.4. The maximum atomic E-state index is 14.0. The molecule has 1 saturated carbocycles. The summed E-state index contributed by atoms with van der Waals surface area (Å²) in [5.74, 6) is 0. The van der Waals surface area contributed by atoms with Gasteiger partial charge >= 0.3 is 6.18 Å². The summed E-state index contributed by atoms with van der Waals surface area (Å²) >= 11 is 6.74. The summed E-state index contributed by atoms with van der Waals surface area (Å²) in [5, 5.41) is 26.4. The molecule has 3 heterocycles. The van der Waals surface area contributed by atoms with Crippen molar-refractivity contribution in [3.8, 4) is 6.07 Å². The lowest BCUT2D eigenvalue weighted by atomic mass is 9.96. The third kappa shape index (κ3) is 5.46. The van der Waals surface area contributed by atoms with Crippen molar-refractivity contribution < 1.29 is 13.2 Å². The Morgan fingerprint density at radius 2 is 1.89 bits per heavy atom. The summed E-state index contributed by atoms with van der Waals surface area (Å²) in [6, 6.07) is 13.4. The highest BCUT2D eigenvalue weighted by molar-refractivity contribution is 6.35. The number of anilines is 2. The fraction of sp³-hybridized carbons (Fsp3) is 0.344. The Labute approximate surface area is 261 Å². The predicted octanol–water partition coefficient (Wildman–Crippen LogP) is 6.91. The van der Waals surface area contributed by atoms with Crippen LogP contribution in [0.5, 0.6) is 0 Å². The number of aromatic nitrogens is 5. The van der Waals surface area contributed by atoms with Gasteiger partial charge in [0.15, 0.2) is 5.54 Å². The summed E-state index contributed by atoms with van der Waals surface area (Å²) in [6.45, 7) is 6.77. The number of halogens is 4. The van der Waals surface area contributed by atoms with Gasteiger partial charge in [-0.3, -0.25) is 9.78 Å². The molecule has 13 heteroatoms. The van der Waals surface area contributed by atoms with Crippen molar-refractivity contribution in [3.63, 3.8) is 0 Å². The van der Waals surface area contributed by atoms with Crippen LogP contribution in [0, 0.1) is 16.7 Å². The second-order valence-electron chi connectivity index (χ2n) is 12.6. The van der Waals surface area contributed by atoms with E-state index in [0.717, 1.165) is 4.68 Å². The number of fused-ring (bicyclic) bond motifs is 2. The van der Waals surface area contributed by atoms with Gasteiger partial charge in [-0.05, 0) is 48.1 Å². The van der Waals surface area contributed by atoms with Gasteiger partial charge in [0.1, 0.15) is 11.8 Å². The molecule has 0 aliphatic heterocycles. The van der Waals surface area contributed by atoms with Crippen molar-refractivity contribution >= 4 is 44.8 Å². The summed E-state index contributed by atoms with van der Waals surface area (Å²) < 4.78 is 44.4. The molecule has 5 aromatic rings. The number of pyridine rings is 2. The summed E-state index contributed by atoms with van der Waals surface area (Å²) in [4.78, 5) is 16.8. The zero-order valence-electron chi connectivity index (χ0n) is 25.0. The maximum absolute atomic E-state index is 14.0. The molecule has 0 spiro atoms. The molecule has 1 fully saturated rings. The lowest BCUT2D eigenvalue weighted by Crippen LogP contribution is -2.35. The summed E-state index contributed by atoms with van der Waals surface area (Å²) in [5.41, 5.74) is 1.10. The van der Waals surface area contributed by atoms with Crippen LogP contribution in [0.2, 0.25) is 5.02 Å². The van der Waals surface area contributed by atoms with E-state index in [1.54, 1.807) is 37.4 Å². The molecule has 0 bridgehead atoms. The number of hydrogen-bond acceptors (Lipinski definition) is 7. The normalized spacial score (nSPS) is 15.2. The van der Waals surface area contributed by atoms with Gasteiger partial charge in [-0.2, -0.15) is 18.4 Å². The molecule has 1 aliphatic rings. The Morgan fingerprint density at radius 3 is 2.56 bits per heavy atom. The fourth-order valence-corrected chi connectivity index (χ4v) is 5.78. The van der Waals surface area contributed by atoms with Crippen LogP contribution in [-0.4, -0.2) is 37.3 Å². The van der Waals surface area contributed by atoms with Crippen molar-refractivity contribution in [3.05, 3.63) is 87.1 Å². The molecule has 0 radical (unpaired) electrons. The second kappa shape index (κ2) is 10.8. The van der Waals surface area contributed by atoms with Gasteiger partial charge < -0.3 is 15.2 Å². The largest absolute Gasteiger partial charge is 0.413 e. The molecule has 232 valence electrons. The van der Waals surface area contributed by atoms with Crippen LogP contribution in [0.3, 0.4) is 0 Å². The number of hydrogen-bond donors (Lipinski definition) is 2. The van der Waals surface area contributed by atoms with Gasteiger partial charge in [-0.25, -0.2) is 4.68 Å². The molecule has 3 aromatic heterocycles. The highest BCUT2D eigenvalue weighted by Gasteiger charge is 2.66. The third-order valence-corrected chi connectivity index (χ3v) is 8.45. The molecule has 1 unspecified atom stereocenters. The van der Waals surface area contributed by atoms with Crippen LogP contribution in [0.4, 0.5) is 24.5 Å². The van der Waals surface area contributed by atoms with E-state index in [1.165, 1.54) is 23.0 Å². The van der Waals surface area contributed by atoms with Crippen LogP contribution < -0.4 is 16.2 Å². The van der Waals surface area contributed by atoms with Gasteiger partial charge in [-0.1, -0.05) is 49.7 Å². The predicted molar refractivity (Wildman–Crippen MR) is 167 cm³/mol. The highest BCUT2D eigenvalue weighted by atomic mass is 35.5. The van der Waals surface area contributed by atoms with E-state index < -0.39 is 17.8 Å². The first-order valence-corrected chi connectivity index (χ1v) is 14.7. The van der Waals surface area contributed by atoms with Gasteiger partial charge in [0.2, 0.25) is 0 Å². The zero-order chi connectivity index (χ0) is 32.3. The number of benzene rings is 2. The number of nitrogens with one attached hydrogen (secondary N) is 2. The summed E-state index contributed by atoms with van der Waals surface area (Å²) in [7, 11) is 1.66. The van der Waals surface area contributed by atoms with Crippen molar-refractivity contribution in [2.45, 2.75) is 51.4 Å². The monoisotopic (exact) mass is 634 g/mol. The Morgan fingerprint density at radius 1 is 1.13 bits per heavy atom. The molecule has 6 rings (SSSR count). The van der Waals surface area contributed by atoms with Crippen LogP contribution in [0.25, 0.3) is 21.8 Å². The number of nitrogens with zero attached hydrogens (tertiary/aromatic N) is 6. The SMILES string of the molecule is Cn1c(=O)ccc2c(C(Nc3cc(Cl)c4ncc(C#N)c(NCC(C)(C)C)c4c3)c3cn(C4(C(F)(F)F)CC4)nn3)cccc21. The Hall–Kier alpha value is -4.63. The van der Waals surface area contributed by atoms with Crippen LogP contribution in [0.1, 0.15) is 56.5 Å². The van der Waals surface area contributed by atoms with E-state index in [-0.39, 0.29) is 29.5 Å². The highest BCUT2D eigenvalue weighted by Crippen LogP contribution is 2.55. The molecule has 2 N–H and O–H groups in total. The average Bonchev–Trinajstić information content (AvgIpc) is 3.67. The van der Waals surface area contributed by atoms with Crippen LogP contribution in [0.15, 0.2) is 59.7 Å². The Kier molecular flexibility index (Phi) is 7.27. The first-order chi connectivity index (χ1) is 21.2. The minimum absolute atomic E-state index is 0.0768. The van der Waals surface area contributed by atoms with Crippen molar-refractivity contribution in [1.29, 1.82) is 5.26 Å². The standard InChI is InChI=1S/C32H30ClF3N8O/c1-30(2,3)17-39-27-18(14-37)15-38-28-22(27)12-19(13-23(28)33)40-29(21-6-5-7-25-20(21)8-9-26(45)43(25)4)24-16-44(42-41-24)31(10-11-31)32(34,35)36/h5-9,12-13,15-16,29,40H,10-11,17H2,1-4H3,(H,38,39). The second-order valence-corrected chi connectivity index (χ2v) is 13.0. The third-order valence-electron chi connectivity index (χ3n) is 8.16. The van der Waals surface area contributed by atoms with E-state index >= 15 is 0 Å². The van der Waals surface area contributed by atoms with Gasteiger partial charge in [-0.15, -0.1) is 5.10 Å². The Balaban J connectivity index is 1.51. The topological polar surface area (TPSA) is 113 Å². The van der Waals surface area contributed by atoms with Gasteiger partial charge in [0, 0.05) is 42.3 Å². The molecule has 9 nitrogen and oxygen atoms in total. The Bertz CT molecular complexity index is 2050. The number of nitriles is 1. The number of alkyl halides is 3. The molecule has 45 heavy (non-hydrogen) atoms. The fourth-order valence-electron chi connectivity index (χ4n) is 5.51. The average molecular weight is 635 g/mol. The smallest absolute Gasteiger partial charge is 0.383 e. The van der Waals surface area contributed by atoms with E-state index in [1.807, 2.05) is 6.07 Å². The molecule has 2 aromatic carbocycles. The quantitative estimate of drug-likeness (QED) is 0.200. The van der Waals surface area contributed by atoms with E-state index in [4.69, 9.17) is 11.6 Å². The molecular weight excluding hydrogens is 605 g/mol. The van der Waals surface area contributed by atoms with Crippen molar-refractivity contribution in [1.82, 2.24) is 24.5 Å². The molecule has 0 amide bonds. The molecular formula is C32H30ClF3N8O. The van der Waals surface area contributed by atoms with E-state index in [2.05, 4.69) is 52.8 Å². The van der Waals surface area contributed by atoms with Crippen molar-refractivity contribution in [2.24, 2.45) is 12.5 Å². The van der Waals surface area contributed by atoms with Crippen molar-refractivity contribution in [2.75, 3.05) is 17.2 Å². The maximum Gasteiger partial charge on any atom is 0.413 e. The summed E-state index contributed by atoms with van der Waals surface area (Å²) in [6.07, 6.45) is -1.83. The molecule has 1 aliphatic carbocycles. The zero-order valence-corrected chi connectivity index (χ0v) is 25.8. The van der Waals surface area contributed by atoms with Crippen LogP contribution in [-0.2, 0) is 12.6 Å². The molecule has 1 atom stereocenters. The minimum Gasteiger partial charge on any atom is -0.383 e. The number of rotatable bonds is 7. The van der Waals surface area contributed by atoms with Gasteiger partial charge in [0.05, 0.1) is 39.5 Å². The minimum atomic E-state index is -4.48. The van der Waals surface area contributed by atoms with E-state index in [0.29, 0.717) is 55.9 Å². The lowest BCUT2D eigenvalue weighted by Gasteiger charge is -2.23. The van der Waals surface area contributed by atoms with Crippen LogP contribution >= 0.6 is 11.6 Å². The van der Waals surface area contributed by atoms with E-state index in [9.17, 15) is 23.2 Å². The lowest BCUT2D eigenvalue weighted by molar-refractivity contribution is -0.182.